The van der Waals surface area contributed by atoms with Crippen molar-refractivity contribution in [1.82, 2.24) is 5.32 Å². The highest BCUT2D eigenvalue weighted by Crippen LogP contribution is 2.12. The van der Waals surface area contributed by atoms with Gasteiger partial charge in [0.05, 0.1) is 13.2 Å². The molecular weight excluding hydrogens is 226 g/mol. The Kier molecular flexibility index (Phi) is 5.90. The van der Waals surface area contributed by atoms with Gasteiger partial charge in [-0.25, -0.2) is 0 Å². The summed E-state index contributed by atoms with van der Waals surface area (Å²) < 4.78 is 5.35. The molecule has 92 valence electrons. The highest BCUT2D eigenvalue weighted by molar-refractivity contribution is 7.99. The molecule has 2 atom stereocenters. The molecule has 0 saturated carbocycles. The monoisotopic (exact) mass is 245 g/mol. The summed E-state index contributed by atoms with van der Waals surface area (Å²) in [6, 6.07) is 3.82. The molecule has 2 unspecified atom stereocenters. The third kappa shape index (κ3) is 3.83. The number of hydrogen-bond acceptors (Lipinski definition) is 5. The SMILES string of the molecule is CSC(CO)C(C)NCc1ccc(CO)o1. The van der Waals surface area contributed by atoms with Gasteiger partial charge in [0.25, 0.3) is 0 Å². The number of aliphatic hydroxyl groups is 2. The van der Waals surface area contributed by atoms with E-state index in [1.165, 1.54) is 0 Å². The summed E-state index contributed by atoms with van der Waals surface area (Å²) >= 11 is 1.64. The molecule has 3 N–H and O–H groups in total. The summed E-state index contributed by atoms with van der Waals surface area (Å²) in [4.78, 5) is 0. The molecule has 4 nitrogen and oxygen atoms in total. The van der Waals surface area contributed by atoms with Crippen molar-refractivity contribution in [2.24, 2.45) is 0 Å². The van der Waals surface area contributed by atoms with E-state index in [9.17, 15) is 0 Å². The van der Waals surface area contributed by atoms with Crippen LogP contribution < -0.4 is 5.32 Å². The van der Waals surface area contributed by atoms with Crippen molar-refractivity contribution < 1.29 is 14.6 Å². The highest BCUT2D eigenvalue weighted by atomic mass is 32.2. The van der Waals surface area contributed by atoms with E-state index in [0.29, 0.717) is 12.3 Å². The van der Waals surface area contributed by atoms with Gasteiger partial charge in [0, 0.05) is 11.3 Å². The van der Waals surface area contributed by atoms with Crippen LogP contribution in [-0.2, 0) is 13.2 Å². The third-order valence-corrected chi connectivity index (χ3v) is 3.67. The number of furan rings is 1. The van der Waals surface area contributed by atoms with E-state index in [0.717, 1.165) is 5.76 Å². The lowest BCUT2D eigenvalue weighted by molar-refractivity contribution is 0.241. The Labute approximate surface area is 100 Å². The molecule has 0 fully saturated rings. The first-order valence-corrected chi connectivity index (χ1v) is 6.55. The molecule has 0 bridgehead atoms. The first-order valence-electron chi connectivity index (χ1n) is 5.26. The number of thioether (sulfide) groups is 1. The van der Waals surface area contributed by atoms with Crippen LogP contribution in [0.5, 0.6) is 0 Å². The van der Waals surface area contributed by atoms with E-state index >= 15 is 0 Å². The van der Waals surface area contributed by atoms with E-state index in [2.05, 4.69) is 5.32 Å². The van der Waals surface area contributed by atoms with Crippen molar-refractivity contribution in [3.05, 3.63) is 23.7 Å². The summed E-state index contributed by atoms with van der Waals surface area (Å²) in [6.45, 7) is 2.74. The zero-order chi connectivity index (χ0) is 12.0. The van der Waals surface area contributed by atoms with Crippen molar-refractivity contribution in [2.75, 3.05) is 12.9 Å². The summed E-state index contributed by atoms with van der Waals surface area (Å²) in [5.41, 5.74) is 0. The lowest BCUT2D eigenvalue weighted by Crippen LogP contribution is -2.36. The summed E-state index contributed by atoms with van der Waals surface area (Å²) in [5.74, 6) is 1.38. The zero-order valence-electron chi connectivity index (χ0n) is 9.64. The predicted molar refractivity (Wildman–Crippen MR) is 65.3 cm³/mol. The normalized spacial score (nSPS) is 15.0. The molecule has 0 amide bonds. The molecule has 1 aromatic heterocycles. The van der Waals surface area contributed by atoms with Gasteiger partial charge < -0.3 is 19.9 Å². The molecule has 16 heavy (non-hydrogen) atoms. The smallest absolute Gasteiger partial charge is 0.129 e. The largest absolute Gasteiger partial charge is 0.462 e. The Hall–Kier alpha value is -0.490. The van der Waals surface area contributed by atoms with Crippen molar-refractivity contribution in [2.45, 2.75) is 31.4 Å². The Morgan fingerprint density at radius 1 is 1.38 bits per heavy atom. The van der Waals surface area contributed by atoms with Gasteiger partial charge in [-0.1, -0.05) is 0 Å². The number of hydrogen-bond donors (Lipinski definition) is 3. The highest BCUT2D eigenvalue weighted by Gasteiger charge is 2.14. The molecule has 0 spiro atoms. The van der Waals surface area contributed by atoms with Crippen LogP contribution in [0.3, 0.4) is 0 Å². The topological polar surface area (TPSA) is 65.6 Å². The molecule has 0 aromatic carbocycles. The minimum atomic E-state index is -0.0698. The van der Waals surface area contributed by atoms with Crippen LogP contribution in [0.15, 0.2) is 16.5 Å². The van der Waals surface area contributed by atoms with Crippen LogP contribution in [0.1, 0.15) is 18.4 Å². The van der Waals surface area contributed by atoms with Crippen molar-refractivity contribution >= 4 is 11.8 Å². The van der Waals surface area contributed by atoms with Gasteiger partial charge in [-0.15, -0.1) is 0 Å². The Balaban J connectivity index is 2.38. The molecule has 1 rings (SSSR count). The molecular formula is C11H19NO3S. The number of rotatable bonds is 7. The predicted octanol–water partition coefficient (Wildman–Crippen LogP) is 0.974. The lowest BCUT2D eigenvalue weighted by atomic mass is 10.2. The second-order valence-electron chi connectivity index (χ2n) is 3.65. The van der Waals surface area contributed by atoms with Gasteiger partial charge in [-0.2, -0.15) is 11.8 Å². The Bertz CT molecular complexity index is 299. The molecule has 1 heterocycles. The van der Waals surface area contributed by atoms with Crippen LogP contribution in [0.2, 0.25) is 0 Å². The van der Waals surface area contributed by atoms with Gasteiger partial charge in [0.1, 0.15) is 18.1 Å². The van der Waals surface area contributed by atoms with Crippen molar-refractivity contribution in [3.63, 3.8) is 0 Å². The van der Waals surface area contributed by atoms with Crippen molar-refractivity contribution in [1.29, 1.82) is 0 Å². The number of aliphatic hydroxyl groups excluding tert-OH is 2. The minimum Gasteiger partial charge on any atom is -0.462 e. The van der Waals surface area contributed by atoms with E-state index in [1.807, 2.05) is 19.2 Å². The summed E-state index contributed by atoms with van der Waals surface area (Å²) in [6.07, 6.45) is 1.98. The van der Waals surface area contributed by atoms with E-state index in [1.54, 1.807) is 17.8 Å². The van der Waals surface area contributed by atoms with Crippen LogP contribution >= 0.6 is 11.8 Å². The van der Waals surface area contributed by atoms with E-state index in [4.69, 9.17) is 14.6 Å². The lowest BCUT2D eigenvalue weighted by Gasteiger charge is -2.20. The first-order chi connectivity index (χ1) is 7.71. The zero-order valence-corrected chi connectivity index (χ0v) is 10.5. The standard InChI is InChI=1S/C11H19NO3S/c1-8(11(7-14)16-2)12-5-9-3-4-10(6-13)15-9/h3-4,8,11-14H,5-7H2,1-2H3. The van der Waals surface area contributed by atoms with E-state index in [-0.39, 0.29) is 24.5 Å². The summed E-state index contributed by atoms with van der Waals surface area (Å²) in [5, 5.41) is 21.4. The van der Waals surface area contributed by atoms with Crippen LogP contribution in [0.25, 0.3) is 0 Å². The van der Waals surface area contributed by atoms with Crippen LogP contribution in [0, 0.1) is 0 Å². The molecule has 0 aliphatic heterocycles. The molecule has 5 heteroatoms. The summed E-state index contributed by atoms with van der Waals surface area (Å²) in [7, 11) is 0. The first kappa shape index (κ1) is 13.6. The molecule has 0 aliphatic rings. The second kappa shape index (κ2) is 6.96. The van der Waals surface area contributed by atoms with Gasteiger partial charge in [-0.3, -0.25) is 0 Å². The van der Waals surface area contributed by atoms with Gasteiger partial charge in [0.2, 0.25) is 0 Å². The van der Waals surface area contributed by atoms with Gasteiger partial charge >= 0.3 is 0 Å². The fourth-order valence-corrected chi connectivity index (χ4v) is 2.09. The van der Waals surface area contributed by atoms with Crippen LogP contribution in [0.4, 0.5) is 0 Å². The quantitative estimate of drug-likeness (QED) is 0.668. The fourth-order valence-electron chi connectivity index (χ4n) is 1.43. The van der Waals surface area contributed by atoms with Crippen molar-refractivity contribution in [3.8, 4) is 0 Å². The maximum Gasteiger partial charge on any atom is 0.129 e. The average Bonchev–Trinajstić information content (AvgIpc) is 2.76. The van der Waals surface area contributed by atoms with Gasteiger partial charge in [0.15, 0.2) is 0 Å². The second-order valence-corrected chi connectivity index (χ2v) is 4.73. The molecule has 0 radical (unpaired) electrons. The average molecular weight is 245 g/mol. The molecule has 0 saturated heterocycles. The maximum absolute atomic E-state index is 9.12. The molecule has 1 aromatic rings. The maximum atomic E-state index is 9.12. The Morgan fingerprint density at radius 3 is 2.56 bits per heavy atom. The van der Waals surface area contributed by atoms with Crippen LogP contribution in [-0.4, -0.2) is 34.4 Å². The third-order valence-electron chi connectivity index (χ3n) is 2.51. The number of nitrogens with one attached hydrogen (secondary N) is 1. The minimum absolute atomic E-state index is 0.0698. The van der Waals surface area contributed by atoms with Gasteiger partial charge in [-0.05, 0) is 25.3 Å². The Morgan fingerprint density at radius 2 is 2.06 bits per heavy atom. The van der Waals surface area contributed by atoms with E-state index < -0.39 is 0 Å². The molecule has 0 aliphatic carbocycles. The fraction of sp³-hybridized carbons (Fsp3) is 0.636.